The first-order chi connectivity index (χ1) is 19.6. The lowest BCUT2D eigenvalue weighted by atomic mass is 9.98. The maximum atomic E-state index is 13.5. The number of nitrogens with two attached hydrogens (primary N) is 1. The lowest BCUT2D eigenvalue weighted by molar-refractivity contribution is -0.136. The van der Waals surface area contributed by atoms with Crippen molar-refractivity contribution in [1.82, 2.24) is 29.8 Å². The van der Waals surface area contributed by atoms with Crippen LogP contribution in [0.25, 0.3) is 5.78 Å². The molecule has 13 heteroatoms. The lowest BCUT2D eigenvalue weighted by Crippen LogP contribution is -2.52. The highest BCUT2D eigenvalue weighted by Gasteiger charge is 2.33. The van der Waals surface area contributed by atoms with Gasteiger partial charge >= 0.3 is 6.09 Å². The number of carbonyl (C=O) groups is 3. The molecule has 0 saturated carbocycles. The predicted octanol–water partition coefficient (Wildman–Crippen LogP) is 1.83. The van der Waals surface area contributed by atoms with Crippen LogP contribution in [0.3, 0.4) is 0 Å². The first-order valence-electron chi connectivity index (χ1n) is 13.8. The van der Waals surface area contributed by atoms with E-state index in [-0.39, 0.29) is 19.0 Å². The van der Waals surface area contributed by atoms with Crippen molar-refractivity contribution < 1.29 is 23.9 Å². The summed E-state index contributed by atoms with van der Waals surface area (Å²) in [4.78, 5) is 50.0. The monoisotopic (exact) mass is 564 g/mol. The number of rotatable bonds is 8. The Balaban J connectivity index is 1.28. The highest BCUT2D eigenvalue weighted by Crippen LogP contribution is 2.31. The molecule has 0 aliphatic carbocycles. The summed E-state index contributed by atoms with van der Waals surface area (Å²) in [6.45, 7) is 7.20. The topological polar surface area (TPSA) is 157 Å². The minimum absolute atomic E-state index is 0.125. The van der Waals surface area contributed by atoms with Crippen LogP contribution in [0.15, 0.2) is 36.8 Å². The van der Waals surface area contributed by atoms with Gasteiger partial charge in [0.2, 0.25) is 11.8 Å². The van der Waals surface area contributed by atoms with Crippen molar-refractivity contribution in [3.05, 3.63) is 47.9 Å². The number of primary amides is 1. The molecule has 4 heterocycles. The molecule has 0 unspecified atom stereocenters. The summed E-state index contributed by atoms with van der Waals surface area (Å²) in [5.41, 5.74) is 6.66. The third-order valence-corrected chi connectivity index (χ3v) is 7.20. The largest absolute Gasteiger partial charge is 0.491 e. The van der Waals surface area contributed by atoms with E-state index in [0.717, 1.165) is 36.3 Å². The van der Waals surface area contributed by atoms with Gasteiger partial charge in [-0.3, -0.25) is 9.59 Å². The fourth-order valence-electron chi connectivity index (χ4n) is 5.39. The van der Waals surface area contributed by atoms with Gasteiger partial charge in [0.15, 0.2) is 0 Å². The quantitative estimate of drug-likeness (QED) is 0.416. The number of hydrogen-bond acceptors (Lipinski definition) is 9. The van der Waals surface area contributed by atoms with Gasteiger partial charge in [-0.15, -0.1) is 0 Å². The number of nitrogens with zero attached hydrogens (tertiary/aromatic N) is 6. The molecular formula is C28H36N8O5. The van der Waals surface area contributed by atoms with Crippen molar-refractivity contribution in [1.29, 1.82) is 0 Å². The van der Waals surface area contributed by atoms with E-state index in [4.69, 9.17) is 15.2 Å². The molecule has 41 heavy (non-hydrogen) atoms. The number of aromatic nitrogens is 4. The zero-order valence-electron chi connectivity index (χ0n) is 23.6. The number of fused-ring (bicyclic) bond motifs is 2. The van der Waals surface area contributed by atoms with Crippen LogP contribution in [0, 0.1) is 0 Å². The molecule has 2 atom stereocenters. The summed E-state index contributed by atoms with van der Waals surface area (Å²) >= 11 is 0. The van der Waals surface area contributed by atoms with Gasteiger partial charge < -0.3 is 30.3 Å². The minimum Gasteiger partial charge on any atom is -0.491 e. The fraction of sp³-hybridized carbons (Fsp3) is 0.500. The van der Waals surface area contributed by atoms with Gasteiger partial charge in [-0.1, -0.05) is 12.1 Å². The Labute approximate surface area is 238 Å². The Morgan fingerprint density at radius 2 is 2.00 bits per heavy atom. The Morgan fingerprint density at radius 1 is 1.17 bits per heavy atom. The molecule has 0 spiro atoms. The van der Waals surface area contributed by atoms with E-state index < -0.39 is 29.6 Å². The first kappa shape index (κ1) is 28.1. The second kappa shape index (κ2) is 11.6. The lowest BCUT2D eigenvalue weighted by Gasteiger charge is -2.33. The molecule has 2 aliphatic heterocycles. The summed E-state index contributed by atoms with van der Waals surface area (Å²) in [7, 11) is 0. The van der Waals surface area contributed by atoms with E-state index in [1.165, 1.54) is 6.33 Å². The molecule has 0 bridgehead atoms. The molecule has 1 aromatic carbocycles. The van der Waals surface area contributed by atoms with Crippen molar-refractivity contribution in [2.75, 3.05) is 24.6 Å². The second-order valence-electron chi connectivity index (χ2n) is 11.3. The summed E-state index contributed by atoms with van der Waals surface area (Å²) in [5, 5.41) is 6.85. The normalized spacial score (nSPS) is 17.7. The standard InChI is InChI=1S/C28H36N8O5/c1-28(2,3)41-27(39)33-21(14-23(29)37)25(38)34-13-10-18-6-4-8-22(20(18)15-34)40-16-19-7-5-12-35(19)24-9-11-30-26-31-17-32-36(24)26/h4,6,8-9,11,17,19,21H,5,7,10,12-16H2,1-3H3,(H2,29,37)(H,33,39)/t19-,21-/m1/s1. The Morgan fingerprint density at radius 3 is 2.78 bits per heavy atom. The average molecular weight is 565 g/mol. The first-order valence-corrected chi connectivity index (χ1v) is 13.8. The molecular weight excluding hydrogens is 528 g/mol. The van der Waals surface area contributed by atoms with Gasteiger partial charge in [-0.05, 0) is 57.7 Å². The van der Waals surface area contributed by atoms with Gasteiger partial charge in [0.25, 0.3) is 5.78 Å². The number of hydrogen-bond donors (Lipinski definition) is 2. The maximum Gasteiger partial charge on any atom is 0.408 e. The molecule has 1 fully saturated rings. The van der Waals surface area contributed by atoms with Crippen molar-refractivity contribution in [2.24, 2.45) is 5.73 Å². The van der Waals surface area contributed by atoms with E-state index in [0.29, 0.717) is 31.1 Å². The molecule has 2 aliphatic rings. The van der Waals surface area contributed by atoms with Crippen LogP contribution < -0.4 is 20.7 Å². The number of ether oxygens (including phenoxy) is 2. The molecule has 3 amide bonds. The Hall–Kier alpha value is -4.42. The zero-order valence-corrected chi connectivity index (χ0v) is 23.6. The van der Waals surface area contributed by atoms with Crippen molar-refractivity contribution in [3.63, 3.8) is 0 Å². The summed E-state index contributed by atoms with van der Waals surface area (Å²) in [5.74, 6) is 1.08. The number of carbonyl (C=O) groups excluding carboxylic acids is 3. The minimum atomic E-state index is -1.13. The van der Waals surface area contributed by atoms with Gasteiger partial charge in [0, 0.05) is 31.4 Å². The number of nitrogens with one attached hydrogen (secondary N) is 1. The second-order valence-corrected chi connectivity index (χ2v) is 11.3. The highest BCUT2D eigenvalue weighted by atomic mass is 16.6. The van der Waals surface area contributed by atoms with E-state index >= 15 is 0 Å². The van der Waals surface area contributed by atoms with Gasteiger partial charge in [-0.25, -0.2) is 9.78 Å². The number of amides is 3. The molecule has 1 saturated heterocycles. The third-order valence-electron chi connectivity index (χ3n) is 7.20. The van der Waals surface area contributed by atoms with Crippen LogP contribution in [-0.2, 0) is 27.3 Å². The van der Waals surface area contributed by atoms with Crippen molar-refractivity contribution in [2.45, 2.75) is 70.7 Å². The van der Waals surface area contributed by atoms with Gasteiger partial charge in [-0.2, -0.15) is 14.6 Å². The maximum absolute atomic E-state index is 13.5. The number of alkyl carbamates (subject to hydrolysis) is 1. The molecule has 2 aromatic heterocycles. The van der Waals surface area contributed by atoms with Crippen LogP contribution in [0.1, 0.15) is 51.2 Å². The van der Waals surface area contributed by atoms with Crippen LogP contribution in [0.5, 0.6) is 5.75 Å². The zero-order chi connectivity index (χ0) is 29.1. The van der Waals surface area contributed by atoms with Crippen LogP contribution in [-0.4, -0.2) is 79.8 Å². The van der Waals surface area contributed by atoms with E-state index in [9.17, 15) is 14.4 Å². The molecule has 13 nitrogen and oxygen atoms in total. The van der Waals surface area contributed by atoms with Gasteiger partial charge in [0.1, 0.15) is 36.1 Å². The van der Waals surface area contributed by atoms with E-state index in [1.807, 2.05) is 24.3 Å². The predicted molar refractivity (Wildman–Crippen MR) is 149 cm³/mol. The van der Waals surface area contributed by atoms with Crippen LogP contribution in [0.2, 0.25) is 0 Å². The summed E-state index contributed by atoms with van der Waals surface area (Å²) < 4.78 is 13.4. The summed E-state index contributed by atoms with van der Waals surface area (Å²) in [6.07, 6.45) is 4.72. The molecule has 5 rings (SSSR count). The molecule has 218 valence electrons. The van der Waals surface area contributed by atoms with E-state index in [2.05, 4.69) is 25.3 Å². The van der Waals surface area contributed by atoms with Gasteiger partial charge in [0.05, 0.1) is 12.5 Å². The third kappa shape index (κ3) is 6.50. The highest BCUT2D eigenvalue weighted by molar-refractivity contribution is 5.90. The molecule has 3 N–H and O–H groups in total. The van der Waals surface area contributed by atoms with Crippen LogP contribution in [0.4, 0.5) is 10.6 Å². The Kier molecular flexibility index (Phi) is 7.95. The van der Waals surface area contributed by atoms with Crippen LogP contribution >= 0.6 is 0 Å². The number of anilines is 1. The van der Waals surface area contributed by atoms with Crippen molar-refractivity contribution in [3.8, 4) is 5.75 Å². The summed E-state index contributed by atoms with van der Waals surface area (Å²) in [6, 6.07) is 6.83. The fourth-order valence-corrected chi connectivity index (χ4v) is 5.39. The smallest absolute Gasteiger partial charge is 0.408 e. The average Bonchev–Trinajstić information content (AvgIpc) is 3.59. The molecule has 3 aromatic rings. The Bertz CT molecular complexity index is 1430. The number of benzene rings is 1. The van der Waals surface area contributed by atoms with E-state index in [1.54, 1.807) is 36.4 Å². The SMILES string of the molecule is CC(C)(C)OC(=O)N[C@H](CC(N)=O)C(=O)N1CCc2cccc(OC[C@H]3CCCN3c3ccnc4ncnn34)c2C1. The van der Waals surface area contributed by atoms with Crippen molar-refractivity contribution >= 4 is 29.5 Å². The molecule has 0 radical (unpaired) electrons.